The van der Waals surface area contributed by atoms with Gasteiger partial charge in [-0.05, 0) is 38.8 Å². The number of amides is 2. The minimum Gasteiger partial charge on any atom is -0.469 e. The Labute approximate surface area is 155 Å². The lowest BCUT2D eigenvalue weighted by Gasteiger charge is -2.27. The Morgan fingerprint density at radius 3 is 3.04 bits per heavy atom. The molecule has 2 bridgehead atoms. The molecule has 4 heterocycles. The van der Waals surface area contributed by atoms with Crippen molar-refractivity contribution >= 4 is 28.3 Å². The number of fused-ring (bicyclic) bond motifs is 2. The number of nitrogens with zero attached hydrogens (tertiary/aromatic N) is 2. The zero-order valence-corrected chi connectivity index (χ0v) is 15.5. The van der Waals surface area contributed by atoms with Crippen molar-refractivity contribution in [2.75, 3.05) is 18.4 Å². The molecule has 2 amide bonds. The van der Waals surface area contributed by atoms with Crippen molar-refractivity contribution in [1.29, 1.82) is 0 Å². The van der Waals surface area contributed by atoms with Gasteiger partial charge in [0.2, 0.25) is 5.91 Å². The summed E-state index contributed by atoms with van der Waals surface area (Å²) in [5.74, 6) is 0.454. The largest absolute Gasteiger partial charge is 0.469 e. The normalized spacial score (nSPS) is 22.3. The number of hydrogen-bond acceptors (Lipinski definition) is 6. The van der Waals surface area contributed by atoms with Gasteiger partial charge in [0.15, 0.2) is 5.13 Å². The number of hydrogen-bond donors (Lipinski definition) is 2. The van der Waals surface area contributed by atoms with E-state index in [1.54, 1.807) is 13.0 Å². The van der Waals surface area contributed by atoms with Crippen LogP contribution in [0.5, 0.6) is 0 Å². The number of anilines is 1. The van der Waals surface area contributed by atoms with Gasteiger partial charge >= 0.3 is 0 Å². The van der Waals surface area contributed by atoms with E-state index in [1.165, 1.54) is 17.6 Å². The molecule has 0 saturated carbocycles. The third kappa shape index (κ3) is 3.39. The summed E-state index contributed by atoms with van der Waals surface area (Å²) in [6.45, 7) is 3.60. The Hall–Kier alpha value is -2.19. The molecule has 2 unspecified atom stereocenters. The van der Waals surface area contributed by atoms with Gasteiger partial charge in [-0.15, -0.1) is 11.3 Å². The molecule has 2 fully saturated rings. The summed E-state index contributed by atoms with van der Waals surface area (Å²) in [6.07, 6.45) is 4.96. The van der Waals surface area contributed by atoms with E-state index in [0.29, 0.717) is 34.2 Å². The fraction of sp³-hybridized carbons (Fsp3) is 0.500. The topological polar surface area (TPSA) is 87.5 Å². The van der Waals surface area contributed by atoms with Gasteiger partial charge < -0.3 is 14.6 Å². The second kappa shape index (κ2) is 7.20. The van der Waals surface area contributed by atoms with Gasteiger partial charge in [-0.1, -0.05) is 0 Å². The summed E-state index contributed by atoms with van der Waals surface area (Å²) in [7, 11) is 0. The highest BCUT2D eigenvalue weighted by Gasteiger charge is 2.37. The molecule has 138 valence electrons. The molecule has 2 aromatic heterocycles. The Morgan fingerprint density at radius 2 is 2.23 bits per heavy atom. The molecule has 2 saturated heterocycles. The second-order valence-corrected chi connectivity index (χ2v) is 7.70. The summed E-state index contributed by atoms with van der Waals surface area (Å²) < 4.78 is 5.15. The fourth-order valence-corrected chi connectivity index (χ4v) is 4.57. The molecule has 7 nitrogen and oxygen atoms in total. The molecule has 0 radical (unpaired) electrons. The van der Waals surface area contributed by atoms with Crippen LogP contribution in [-0.4, -0.2) is 46.9 Å². The van der Waals surface area contributed by atoms with E-state index in [-0.39, 0.29) is 18.2 Å². The Bertz CT molecular complexity index is 801. The first-order valence-corrected chi connectivity index (χ1v) is 9.81. The quantitative estimate of drug-likeness (QED) is 0.857. The summed E-state index contributed by atoms with van der Waals surface area (Å²) in [6, 6.07) is 2.28. The van der Waals surface area contributed by atoms with Gasteiger partial charge in [0, 0.05) is 24.0 Å². The molecule has 8 heteroatoms. The van der Waals surface area contributed by atoms with Crippen molar-refractivity contribution in [3.63, 3.8) is 0 Å². The van der Waals surface area contributed by atoms with Crippen molar-refractivity contribution in [2.45, 2.75) is 44.7 Å². The van der Waals surface area contributed by atoms with Gasteiger partial charge in [-0.25, -0.2) is 4.98 Å². The first-order chi connectivity index (χ1) is 12.6. The lowest BCUT2D eigenvalue weighted by Crippen LogP contribution is -2.43. The van der Waals surface area contributed by atoms with Gasteiger partial charge in [-0.2, -0.15) is 0 Å². The zero-order chi connectivity index (χ0) is 18.1. The Kier molecular flexibility index (Phi) is 4.78. The van der Waals surface area contributed by atoms with E-state index in [2.05, 4.69) is 20.5 Å². The first kappa shape index (κ1) is 17.2. The maximum absolute atomic E-state index is 12.8. The second-order valence-electron chi connectivity index (χ2n) is 6.84. The van der Waals surface area contributed by atoms with Gasteiger partial charge in [-0.3, -0.25) is 14.9 Å². The minimum absolute atomic E-state index is 0.134. The maximum Gasteiger partial charge on any atom is 0.260 e. The minimum atomic E-state index is -0.250. The molecular weight excluding hydrogens is 352 g/mol. The lowest BCUT2D eigenvalue weighted by molar-refractivity contribution is -0.133. The van der Waals surface area contributed by atoms with Crippen LogP contribution in [0.25, 0.3) is 0 Å². The number of nitrogens with one attached hydrogen (secondary N) is 2. The van der Waals surface area contributed by atoms with Crippen LogP contribution < -0.4 is 10.6 Å². The number of rotatable bonds is 4. The van der Waals surface area contributed by atoms with Crippen molar-refractivity contribution < 1.29 is 14.0 Å². The third-order valence-electron chi connectivity index (χ3n) is 5.15. The van der Waals surface area contributed by atoms with E-state index < -0.39 is 0 Å². The molecule has 26 heavy (non-hydrogen) atoms. The molecule has 2 atom stereocenters. The molecule has 0 aliphatic carbocycles. The van der Waals surface area contributed by atoms with E-state index >= 15 is 0 Å². The smallest absolute Gasteiger partial charge is 0.260 e. The predicted molar refractivity (Wildman–Crippen MR) is 98.4 cm³/mol. The summed E-state index contributed by atoms with van der Waals surface area (Å²) in [4.78, 5) is 31.5. The van der Waals surface area contributed by atoms with E-state index in [1.807, 2.05) is 5.38 Å². The van der Waals surface area contributed by atoms with Crippen LogP contribution in [0.1, 0.15) is 41.1 Å². The monoisotopic (exact) mass is 374 g/mol. The van der Waals surface area contributed by atoms with Crippen molar-refractivity contribution in [1.82, 2.24) is 15.2 Å². The van der Waals surface area contributed by atoms with Crippen LogP contribution in [0, 0.1) is 6.92 Å². The molecule has 4 rings (SSSR count). The number of aryl methyl sites for hydroxylation is 1. The van der Waals surface area contributed by atoms with Crippen LogP contribution in [0.2, 0.25) is 0 Å². The average Bonchev–Trinajstić information content (AvgIpc) is 3.26. The van der Waals surface area contributed by atoms with Crippen molar-refractivity contribution in [2.24, 2.45) is 0 Å². The van der Waals surface area contributed by atoms with E-state index in [9.17, 15) is 9.59 Å². The van der Waals surface area contributed by atoms with Gasteiger partial charge in [0.05, 0.1) is 23.9 Å². The fourth-order valence-electron chi connectivity index (χ4n) is 3.87. The predicted octanol–water partition coefficient (Wildman–Crippen LogP) is 2.19. The number of carbonyl (C=O) groups excluding carboxylic acids is 2. The van der Waals surface area contributed by atoms with Crippen molar-refractivity contribution in [3.8, 4) is 0 Å². The van der Waals surface area contributed by atoms with Crippen LogP contribution >= 0.6 is 11.3 Å². The van der Waals surface area contributed by atoms with Crippen LogP contribution in [-0.2, 0) is 11.2 Å². The third-order valence-corrected chi connectivity index (χ3v) is 5.96. The molecule has 2 N–H and O–H groups in total. The standard InChI is InChI=1S/C18H22N4O3S/c1-11-15(5-7-25-11)17(24)21-18-20-12(10-26-18)8-16(23)22-13-2-3-14(22)9-19-6-4-13/h5,7,10,13-14,19H,2-4,6,8-9H2,1H3,(H,20,21,24). The van der Waals surface area contributed by atoms with E-state index in [0.717, 1.165) is 32.4 Å². The molecule has 2 aliphatic heterocycles. The van der Waals surface area contributed by atoms with Crippen LogP contribution in [0.4, 0.5) is 5.13 Å². The maximum atomic E-state index is 12.8. The number of aromatic nitrogens is 1. The Balaban J connectivity index is 1.40. The van der Waals surface area contributed by atoms with E-state index in [4.69, 9.17) is 4.42 Å². The van der Waals surface area contributed by atoms with Crippen LogP contribution in [0.3, 0.4) is 0 Å². The first-order valence-electron chi connectivity index (χ1n) is 8.93. The van der Waals surface area contributed by atoms with Gasteiger partial charge in [0.1, 0.15) is 5.76 Å². The summed E-state index contributed by atoms with van der Waals surface area (Å²) in [5, 5.41) is 8.52. The molecule has 0 spiro atoms. The highest BCUT2D eigenvalue weighted by molar-refractivity contribution is 7.14. The number of carbonyl (C=O) groups is 2. The highest BCUT2D eigenvalue weighted by Crippen LogP contribution is 2.29. The molecule has 2 aromatic rings. The zero-order valence-electron chi connectivity index (χ0n) is 14.7. The summed E-state index contributed by atoms with van der Waals surface area (Å²) >= 11 is 1.33. The molecule has 0 aromatic carbocycles. The number of thiazole rings is 1. The SMILES string of the molecule is Cc1occc1C(=O)Nc1nc(CC(=O)N2C3CCNCC2CC3)cs1. The number of furan rings is 1. The summed E-state index contributed by atoms with van der Waals surface area (Å²) in [5.41, 5.74) is 1.20. The Morgan fingerprint density at radius 1 is 1.38 bits per heavy atom. The highest BCUT2D eigenvalue weighted by atomic mass is 32.1. The molecular formula is C18H22N4O3S. The lowest BCUT2D eigenvalue weighted by atomic mass is 10.1. The average molecular weight is 374 g/mol. The molecule has 2 aliphatic rings. The van der Waals surface area contributed by atoms with Gasteiger partial charge in [0.25, 0.3) is 5.91 Å². The van der Waals surface area contributed by atoms with Crippen LogP contribution in [0.15, 0.2) is 22.1 Å². The van der Waals surface area contributed by atoms with Crippen molar-refractivity contribution in [3.05, 3.63) is 34.7 Å².